The average molecular weight is 221 g/mol. The third-order valence-corrected chi connectivity index (χ3v) is 4.47. The molecule has 82 valence electrons. The number of hydrogen-bond acceptors (Lipinski definition) is 2. The molecule has 1 aromatic carbocycles. The zero-order valence-electron chi connectivity index (χ0n) is 9.28. The molecule has 2 unspecified atom stereocenters. The number of benzene rings is 1. The molecule has 1 aliphatic heterocycles. The van der Waals surface area contributed by atoms with Crippen LogP contribution in [-0.2, 0) is 0 Å². The molecule has 2 N–H and O–H groups in total. The Balaban J connectivity index is 2.16. The van der Waals surface area contributed by atoms with Gasteiger partial charge in [-0.05, 0) is 48.8 Å². The molecule has 1 saturated heterocycles. The van der Waals surface area contributed by atoms with E-state index < -0.39 is 0 Å². The molecular formula is C13H19NS. The highest BCUT2D eigenvalue weighted by molar-refractivity contribution is 7.99. The summed E-state index contributed by atoms with van der Waals surface area (Å²) in [7, 11) is 0. The van der Waals surface area contributed by atoms with Gasteiger partial charge in [-0.25, -0.2) is 0 Å². The van der Waals surface area contributed by atoms with Crippen LogP contribution in [0.15, 0.2) is 24.3 Å². The first-order valence-electron chi connectivity index (χ1n) is 5.65. The molecule has 2 atom stereocenters. The predicted molar refractivity (Wildman–Crippen MR) is 68.4 cm³/mol. The van der Waals surface area contributed by atoms with Crippen LogP contribution in [0.5, 0.6) is 0 Å². The van der Waals surface area contributed by atoms with Crippen molar-refractivity contribution in [1.29, 1.82) is 0 Å². The lowest BCUT2D eigenvalue weighted by molar-refractivity contribution is 0.455. The standard InChI is InChI=1S/C13H19NS/c1-10-2-4-11(5-3-10)13-6-7-15-9-12(13)8-14/h2-5,12-13H,6-9,14H2,1H3. The summed E-state index contributed by atoms with van der Waals surface area (Å²) < 4.78 is 0. The summed E-state index contributed by atoms with van der Waals surface area (Å²) in [6.45, 7) is 2.96. The van der Waals surface area contributed by atoms with Crippen molar-refractivity contribution in [3.05, 3.63) is 35.4 Å². The van der Waals surface area contributed by atoms with Gasteiger partial charge in [0.1, 0.15) is 0 Å². The van der Waals surface area contributed by atoms with E-state index in [2.05, 4.69) is 31.2 Å². The van der Waals surface area contributed by atoms with Gasteiger partial charge in [-0.3, -0.25) is 0 Å². The van der Waals surface area contributed by atoms with E-state index in [9.17, 15) is 0 Å². The molecule has 0 spiro atoms. The first-order chi connectivity index (χ1) is 7.31. The van der Waals surface area contributed by atoms with E-state index in [1.807, 2.05) is 11.8 Å². The zero-order chi connectivity index (χ0) is 10.7. The maximum absolute atomic E-state index is 5.85. The fraction of sp³-hybridized carbons (Fsp3) is 0.538. The highest BCUT2D eigenvalue weighted by Gasteiger charge is 2.25. The van der Waals surface area contributed by atoms with Crippen LogP contribution in [0.3, 0.4) is 0 Å². The van der Waals surface area contributed by atoms with E-state index in [-0.39, 0.29) is 0 Å². The third kappa shape index (κ3) is 2.56. The highest BCUT2D eigenvalue weighted by Crippen LogP contribution is 2.35. The van der Waals surface area contributed by atoms with Gasteiger partial charge < -0.3 is 5.73 Å². The Bertz CT molecular complexity index is 307. The van der Waals surface area contributed by atoms with Gasteiger partial charge in [0.25, 0.3) is 0 Å². The Morgan fingerprint density at radius 2 is 2.07 bits per heavy atom. The molecule has 0 amide bonds. The minimum Gasteiger partial charge on any atom is -0.330 e. The fourth-order valence-electron chi connectivity index (χ4n) is 2.28. The second-order valence-electron chi connectivity index (χ2n) is 4.38. The van der Waals surface area contributed by atoms with Crippen LogP contribution >= 0.6 is 11.8 Å². The summed E-state index contributed by atoms with van der Waals surface area (Å²) in [6, 6.07) is 8.98. The molecule has 2 heteroatoms. The molecule has 1 aromatic rings. The van der Waals surface area contributed by atoms with Crippen LogP contribution in [0.2, 0.25) is 0 Å². The molecule has 1 nitrogen and oxygen atoms in total. The van der Waals surface area contributed by atoms with E-state index >= 15 is 0 Å². The number of hydrogen-bond donors (Lipinski definition) is 1. The first kappa shape index (κ1) is 11.0. The maximum atomic E-state index is 5.85. The van der Waals surface area contributed by atoms with Crippen molar-refractivity contribution >= 4 is 11.8 Å². The topological polar surface area (TPSA) is 26.0 Å². The van der Waals surface area contributed by atoms with Gasteiger partial charge >= 0.3 is 0 Å². The summed E-state index contributed by atoms with van der Waals surface area (Å²) >= 11 is 2.05. The predicted octanol–water partition coefficient (Wildman–Crippen LogP) is 2.79. The lowest BCUT2D eigenvalue weighted by Crippen LogP contribution is -2.28. The SMILES string of the molecule is Cc1ccc(C2CCSCC2CN)cc1. The molecule has 0 bridgehead atoms. The largest absolute Gasteiger partial charge is 0.330 e. The van der Waals surface area contributed by atoms with Gasteiger partial charge in [0.2, 0.25) is 0 Å². The molecule has 1 aliphatic rings. The summed E-state index contributed by atoms with van der Waals surface area (Å²) in [4.78, 5) is 0. The summed E-state index contributed by atoms with van der Waals surface area (Å²) in [5, 5.41) is 0. The van der Waals surface area contributed by atoms with Crippen molar-refractivity contribution in [2.24, 2.45) is 11.7 Å². The number of nitrogens with two attached hydrogens (primary N) is 1. The van der Waals surface area contributed by atoms with Crippen molar-refractivity contribution in [3.8, 4) is 0 Å². The van der Waals surface area contributed by atoms with Crippen LogP contribution in [0.25, 0.3) is 0 Å². The first-order valence-corrected chi connectivity index (χ1v) is 6.81. The van der Waals surface area contributed by atoms with Crippen LogP contribution in [0.4, 0.5) is 0 Å². The molecule has 0 aliphatic carbocycles. The second kappa shape index (κ2) is 5.04. The minimum atomic E-state index is 0.673. The number of aryl methyl sites for hydroxylation is 1. The van der Waals surface area contributed by atoms with Gasteiger partial charge in [-0.2, -0.15) is 11.8 Å². The highest BCUT2D eigenvalue weighted by atomic mass is 32.2. The Hall–Kier alpha value is -0.470. The van der Waals surface area contributed by atoms with Crippen LogP contribution in [-0.4, -0.2) is 18.1 Å². The molecule has 2 rings (SSSR count). The van der Waals surface area contributed by atoms with Crippen molar-refractivity contribution in [1.82, 2.24) is 0 Å². The minimum absolute atomic E-state index is 0.673. The van der Waals surface area contributed by atoms with Crippen molar-refractivity contribution in [3.63, 3.8) is 0 Å². The molecular weight excluding hydrogens is 202 g/mol. The molecule has 0 aromatic heterocycles. The number of thioether (sulfide) groups is 1. The van der Waals surface area contributed by atoms with Crippen molar-refractivity contribution in [2.75, 3.05) is 18.1 Å². The van der Waals surface area contributed by atoms with Gasteiger partial charge in [0.15, 0.2) is 0 Å². The van der Waals surface area contributed by atoms with Crippen LogP contribution < -0.4 is 5.73 Å². The Morgan fingerprint density at radius 1 is 1.33 bits per heavy atom. The molecule has 15 heavy (non-hydrogen) atoms. The lowest BCUT2D eigenvalue weighted by atomic mass is 9.84. The lowest BCUT2D eigenvalue weighted by Gasteiger charge is -2.30. The smallest absolute Gasteiger partial charge is 0.00212 e. The third-order valence-electron chi connectivity index (χ3n) is 3.28. The summed E-state index contributed by atoms with van der Waals surface area (Å²) in [5.41, 5.74) is 8.67. The van der Waals surface area contributed by atoms with Crippen molar-refractivity contribution < 1.29 is 0 Å². The quantitative estimate of drug-likeness (QED) is 0.831. The fourth-order valence-corrected chi connectivity index (χ4v) is 3.54. The molecule has 0 saturated carbocycles. The summed E-state index contributed by atoms with van der Waals surface area (Å²) in [6.07, 6.45) is 1.29. The monoisotopic (exact) mass is 221 g/mol. The van der Waals surface area contributed by atoms with Gasteiger partial charge in [-0.1, -0.05) is 29.8 Å². The second-order valence-corrected chi connectivity index (χ2v) is 5.53. The number of rotatable bonds is 2. The van der Waals surface area contributed by atoms with Crippen LogP contribution in [0, 0.1) is 12.8 Å². The Morgan fingerprint density at radius 3 is 2.73 bits per heavy atom. The van der Waals surface area contributed by atoms with Gasteiger partial charge in [-0.15, -0.1) is 0 Å². The van der Waals surface area contributed by atoms with Crippen LogP contribution in [0.1, 0.15) is 23.5 Å². The van der Waals surface area contributed by atoms with Gasteiger partial charge in [0.05, 0.1) is 0 Å². The van der Waals surface area contributed by atoms with Crippen molar-refractivity contribution in [2.45, 2.75) is 19.3 Å². The Kier molecular flexibility index (Phi) is 3.71. The Labute approximate surface area is 96.4 Å². The van der Waals surface area contributed by atoms with E-state index in [0.717, 1.165) is 6.54 Å². The van der Waals surface area contributed by atoms with E-state index in [0.29, 0.717) is 11.8 Å². The summed E-state index contributed by atoms with van der Waals surface area (Å²) in [5.74, 6) is 3.88. The maximum Gasteiger partial charge on any atom is -0.00212 e. The molecule has 1 heterocycles. The van der Waals surface area contributed by atoms with E-state index in [1.54, 1.807) is 0 Å². The normalized spacial score (nSPS) is 26.5. The van der Waals surface area contributed by atoms with E-state index in [4.69, 9.17) is 5.73 Å². The molecule has 0 radical (unpaired) electrons. The average Bonchev–Trinajstić information content (AvgIpc) is 2.30. The van der Waals surface area contributed by atoms with Gasteiger partial charge in [0, 0.05) is 0 Å². The zero-order valence-corrected chi connectivity index (χ0v) is 10.1. The molecule has 1 fully saturated rings. The van der Waals surface area contributed by atoms with E-state index in [1.165, 1.54) is 29.1 Å².